The van der Waals surface area contributed by atoms with Crippen LogP contribution in [0.5, 0.6) is 11.5 Å². The summed E-state index contributed by atoms with van der Waals surface area (Å²) in [6.07, 6.45) is -1.09. The molecule has 0 saturated carbocycles. The van der Waals surface area contributed by atoms with Crippen LogP contribution in [0.3, 0.4) is 0 Å². The average Bonchev–Trinajstić information content (AvgIpc) is 2.39. The van der Waals surface area contributed by atoms with E-state index in [1.54, 1.807) is 6.92 Å². The highest BCUT2D eigenvalue weighted by atomic mass is 16.5. The van der Waals surface area contributed by atoms with Crippen LogP contribution in [0.2, 0.25) is 0 Å². The molecule has 0 aliphatic carbocycles. The molecule has 0 saturated heterocycles. The number of rotatable bonds is 4. The van der Waals surface area contributed by atoms with E-state index in [4.69, 9.17) is 9.15 Å². The summed E-state index contributed by atoms with van der Waals surface area (Å²) in [5.41, 5.74) is -1.13. The number of aromatic hydroxyl groups is 1. The summed E-state index contributed by atoms with van der Waals surface area (Å²) >= 11 is 0. The Kier molecular flexibility index (Phi) is 4.17. The van der Waals surface area contributed by atoms with Crippen LogP contribution < -0.4 is 10.2 Å². The first-order valence-electron chi connectivity index (χ1n) is 6.89. The highest BCUT2D eigenvalue weighted by molar-refractivity contribution is 5.88. The number of benzene rings is 1. The number of hydrogen-bond donors (Lipinski definition) is 3. The number of aryl methyl sites for hydroxylation is 1. The zero-order valence-electron chi connectivity index (χ0n) is 13.0. The van der Waals surface area contributed by atoms with Gasteiger partial charge >= 0.3 is 0 Å². The largest absolute Gasteiger partial charge is 0.507 e. The van der Waals surface area contributed by atoms with Crippen molar-refractivity contribution in [3.05, 3.63) is 33.7 Å². The van der Waals surface area contributed by atoms with Gasteiger partial charge in [0.05, 0.1) is 18.8 Å². The minimum atomic E-state index is -1.33. The SMILES string of the molecule is COc1cc(O)c2c(=O)cc(C)oc2c1C[C@H](O)C(C)(C)O. The minimum Gasteiger partial charge on any atom is -0.507 e. The monoisotopic (exact) mass is 308 g/mol. The van der Waals surface area contributed by atoms with E-state index >= 15 is 0 Å². The number of methoxy groups -OCH3 is 1. The first kappa shape index (κ1) is 16.3. The van der Waals surface area contributed by atoms with E-state index in [9.17, 15) is 20.1 Å². The molecule has 0 aliphatic heterocycles. The quantitative estimate of drug-likeness (QED) is 0.791. The van der Waals surface area contributed by atoms with Crippen molar-refractivity contribution in [2.24, 2.45) is 0 Å². The number of phenolic OH excluding ortho intramolecular Hbond substituents is 1. The number of aliphatic hydroxyl groups excluding tert-OH is 1. The highest BCUT2D eigenvalue weighted by Gasteiger charge is 2.28. The molecule has 6 heteroatoms. The third kappa shape index (κ3) is 2.93. The molecule has 0 bridgehead atoms. The van der Waals surface area contributed by atoms with E-state index in [-0.39, 0.29) is 34.3 Å². The van der Waals surface area contributed by atoms with E-state index in [0.717, 1.165) is 0 Å². The second-order valence-corrected chi connectivity index (χ2v) is 5.88. The van der Waals surface area contributed by atoms with Gasteiger partial charge in [-0.05, 0) is 20.8 Å². The van der Waals surface area contributed by atoms with Gasteiger partial charge in [0.2, 0.25) is 0 Å². The van der Waals surface area contributed by atoms with E-state index < -0.39 is 11.7 Å². The lowest BCUT2D eigenvalue weighted by molar-refractivity contribution is -0.0470. The standard InChI is InChI=1S/C16H20O6/c1-8-5-10(17)14-11(18)7-12(21-4)9(15(14)22-8)6-13(19)16(2,3)20/h5,7,13,18-20H,6H2,1-4H3/t13-/m0/s1. The van der Waals surface area contributed by atoms with E-state index in [1.807, 2.05) is 0 Å². The molecule has 3 N–H and O–H groups in total. The van der Waals surface area contributed by atoms with Gasteiger partial charge in [0.1, 0.15) is 28.2 Å². The van der Waals surface area contributed by atoms with Crippen molar-refractivity contribution in [3.8, 4) is 11.5 Å². The normalized spacial score (nSPS) is 13.4. The Bertz CT molecular complexity index is 754. The molecule has 6 nitrogen and oxygen atoms in total. The van der Waals surface area contributed by atoms with E-state index in [0.29, 0.717) is 11.3 Å². The number of hydrogen-bond acceptors (Lipinski definition) is 6. The lowest BCUT2D eigenvalue weighted by Crippen LogP contribution is -2.37. The van der Waals surface area contributed by atoms with Crippen molar-refractivity contribution in [1.29, 1.82) is 0 Å². The van der Waals surface area contributed by atoms with Gasteiger partial charge in [-0.1, -0.05) is 0 Å². The molecule has 2 aromatic rings. The zero-order valence-corrected chi connectivity index (χ0v) is 13.0. The number of fused-ring (bicyclic) bond motifs is 1. The second kappa shape index (κ2) is 5.62. The fraction of sp³-hybridized carbons (Fsp3) is 0.438. The van der Waals surface area contributed by atoms with Crippen LogP contribution >= 0.6 is 0 Å². The van der Waals surface area contributed by atoms with Crippen LogP contribution in [0.25, 0.3) is 11.0 Å². The number of ether oxygens (including phenoxy) is 1. The van der Waals surface area contributed by atoms with Crippen molar-refractivity contribution in [2.45, 2.75) is 38.9 Å². The Morgan fingerprint density at radius 2 is 2.00 bits per heavy atom. The minimum absolute atomic E-state index is 0.00977. The molecule has 2 rings (SSSR count). The first-order chi connectivity index (χ1) is 10.1. The summed E-state index contributed by atoms with van der Waals surface area (Å²) in [6, 6.07) is 2.59. The molecule has 1 aromatic carbocycles. The number of phenols is 1. The van der Waals surface area contributed by atoms with Gasteiger partial charge in [-0.25, -0.2) is 0 Å². The van der Waals surface area contributed by atoms with Crippen molar-refractivity contribution in [3.63, 3.8) is 0 Å². The average molecular weight is 308 g/mol. The molecule has 1 heterocycles. The summed E-state index contributed by atoms with van der Waals surface area (Å²) in [4.78, 5) is 12.1. The molecule has 1 aromatic heterocycles. The van der Waals surface area contributed by atoms with E-state index in [1.165, 1.54) is 33.1 Å². The maximum Gasteiger partial charge on any atom is 0.196 e. The lowest BCUT2D eigenvalue weighted by Gasteiger charge is -2.25. The lowest BCUT2D eigenvalue weighted by atomic mass is 9.93. The van der Waals surface area contributed by atoms with E-state index in [2.05, 4.69) is 0 Å². The molecule has 120 valence electrons. The van der Waals surface area contributed by atoms with Gasteiger partial charge in [-0.15, -0.1) is 0 Å². The molecule has 0 aliphatic rings. The van der Waals surface area contributed by atoms with Crippen molar-refractivity contribution in [2.75, 3.05) is 7.11 Å². The molecule has 1 atom stereocenters. The Morgan fingerprint density at radius 3 is 2.55 bits per heavy atom. The van der Waals surface area contributed by atoms with Crippen LogP contribution in [0.1, 0.15) is 25.2 Å². The summed E-state index contributed by atoms with van der Waals surface area (Å²) in [5, 5.41) is 30.1. The molecule has 0 unspecified atom stereocenters. The molecular formula is C16H20O6. The molecule has 22 heavy (non-hydrogen) atoms. The molecule has 0 fully saturated rings. The maximum absolute atomic E-state index is 12.1. The summed E-state index contributed by atoms with van der Waals surface area (Å²) in [7, 11) is 1.41. The van der Waals surface area contributed by atoms with Gasteiger partial charge in [0.25, 0.3) is 0 Å². The second-order valence-electron chi connectivity index (χ2n) is 5.88. The third-order valence-electron chi connectivity index (χ3n) is 3.60. The molecule has 0 radical (unpaired) electrons. The fourth-order valence-corrected chi connectivity index (χ4v) is 2.28. The van der Waals surface area contributed by atoms with Gasteiger partial charge in [0.15, 0.2) is 5.43 Å². The first-order valence-corrected chi connectivity index (χ1v) is 6.89. The zero-order chi connectivity index (χ0) is 16.7. The summed E-state index contributed by atoms with van der Waals surface area (Å²) < 4.78 is 10.8. The van der Waals surface area contributed by atoms with Gasteiger partial charge in [0, 0.05) is 24.1 Å². The Balaban J connectivity index is 2.75. The fourth-order valence-electron chi connectivity index (χ4n) is 2.28. The smallest absolute Gasteiger partial charge is 0.196 e. The predicted octanol–water partition coefficient (Wildman–Crippen LogP) is 1.49. The van der Waals surface area contributed by atoms with Crippen LogP contribution in [0.4, 0.5) is 0 Å². The Morgan fingerprint density at radius 1 is 1.36 bits per heavy atom. The van der Waals surface area contributed by atoms with Gasteiger partial charge in [-0.2, -0.15) is 0 Å². The van der Waals surface area contributed by atoms with Crippen LogP contribution in [0, 0.1) is 6.92 Å². The Labute approximate surface area is 127 Å². The van der Waals surface area contributed by atoms with Crippen LogP contribution in [-0.4, -0.2) is 34.1 Å². The molecular weight excluding hydrogens is 288 g/mol. The topological polar surface area (TPSA) is 100 Å². The Hall–Kier alpha value is -2.05. The number of aliphatic hydroxyl groups is 2. The van der Waals surface area contributed by atoms with Crippen LogP contribution in [-0.2, 0) is 6.42 Å². The van der Waals surface area contributed by atoms with Crippen molar-refractivity contribution < 1.29 is 24.5 Å². The van der Waals surface area contributed by atoms with Crippen molar-refractivity contribution >= 4 is 11.0 Å². The maximum atomic E-state index is 12.1. The highest BCUT2D eigenvalue weighted by Crippen LogP contribution is 2.35. The summed E-state index contributed by atoms with van der Waals surface area (Å²) in [5.74, 6) is 0.410. The van der Waals surface area contributed by atoms with Gasteiger partial charge in [-0.3, -0.25) is 4.79 Å². The van der Waals surface area contributed by atoms with Crippen molar-refractivity contribution in [1.82, 2.24) is 0 Å². The van der Waals surface area contributed by atoms with Crippen LogP contribution in [0.15, 0.2) is 21.3 Å². The predicted molar refractivity (Wildman–Crippen MR) is 81.4 cm³/mol. The van der Waals surface area contributed by atoms with Gasteiger partial charge < -0.3 is 24.5 Å². The molecule has 0 amide bonds. The summed E-state index contributed by atoms with van der Waals surface area (Å²) in [6.45, 7) is 4.58. The molecule has 0 spiro atoms. The third-order valence-corrected chi connectivity index (χ3v) is 3.60.